The van der Waals surface area contributed by atoms with Crippen molar-refractivity contribution in [2.75, 3.05) is 13.7 Å². The molecule has 2 unspecified atom stereocenters. The molecule has 114 valence electrons. The van der Waals surface area contributed by atoms with Crippen LogP contribution in [0.3, 0.4) is 0 Å². The van der Waals surface area contributed by atoms with Crippen molar-refractivity contribution in [3.63, 3.8) is 0 Å². The Morgan fingerprint density at radius 2 is 2.15 bits per heavy atom. The third-order valence-corrected chi connectivity index (χ3v) is 3.56. The first-order valence-corrected chi connectivity index (χ1v) is 6.97. The van der Waals surface area contributed by atoms with E-state index in [4.69, 9.17) is 9.47 Å². The molecule has 0 aromatic rings. The van der Waals surface area contributed by atoms with E-state index < -0.39 is 17.5 Å². The van der Waals surface area contributed by atoms with Gasteiger partial charge in [-0.1, -0.05) is 11.6 Å². The van der Waals surface area contributed by atoms with Crippen LogP contribution in [0.4, 0.5) is 0 Å². The lowest BCUT2D eigenvalue weighted by atomic mass is 9.79. The minimum Gasteiger partial charge on any atom is -0.468 e. The Morgan fingerprint density at radius 1 is 1.50 bits per heavy atom. The summed E-state index contributed by atoms with van der Waals surface area (Å²) in [7, 11) is 1.30. The lowest BCUT2D eigenvalue weighted by molar-refractivity contribution is -0.152. The number of esters is 2. The van der Waals surface area contributed by atoms with Crippen LogP contribution in [-0.4, -0.2) is 36.4 Å². The maximum Gasteiger partial charge on any atom is 0.315 e. The second-order valence-corrected chi connectivity index (χ2v) is 5.60. The number of carbonyl (C=O) groups excluding carboxylic acids is 2. The molecule has 0 bridgehead atoms. The molecule has 2 atom stereocenters. The molecule has 0 spiro atoms. The van der Waals surface area contributed by atoms with Gasteiger partial charge in [-0.3, -0.25) is 9.59 Å². The number of rotatable bonds is 6. The van der Waals surface area contributed by atoms with E-state index in [1.807, 2.05) is 6.08 Å². The highest BCUT2D eigenvalue weighted by molar-refractivity contribution is 5.78. The molecule has 0 aromatic heterocycles. The molecule has 20 heavy (non-hydrogen) atoms. The topological polar surface area (TPSA) is 72.8 Å². The van der Waals surface area contributed by atoms with Crippen LogP contribution in [0.25, 0.3) is 0 Å². The smallest absolute Gasteiger partial charge is 0.315 e. The summed E-state index contributed by atoms with van der Waals surface area (Å²) < 4.78 is 9.76. The number of hydrogen-bond donors (Lipinski definition) is 1. The van der Waals surface area contributed by atoms with Crippen molar-refractivity contribution in [1.82, 2.24) is 0 Å². The van der Waals surface area contributed by atoms with Crippen molar-refractivity contribution < 1.29 is 24.2 Å². The molecule has 0 fully saturated rings. The molecule has 1 aliphatic rings. The second kappa shape index (κ2) is 6.88. The average Bonchev–Trinajstić information content (AvgIpc) is 2.75. The molecular weight excluding hydrogens is 260 g/mol. The summed E-state index contributed by atoms with van der Waals surface area (Å²) in [4.78, 5) is 23.6. The fourth-order valence-corrected chi connectivity index (χ4v) is 2.73. The molecule has 0 saturated carbocycles. The molecule has 0 radical (unpaired) electrons. The number of hydrogen-bond acceptors (Lipinski definition) is 5. The van der Waals surface area contributed by atoms with Gasteiger partial charge in [-0.05, 0) is 39.5 Å². The van der Waals surface area contributed by atoms with Gasteiger partial charge < -0.3 is 14.6 Å². The van der Waals surface area contributed by atoms with Gasteiger partial charge in [0.15, 0.2) is 0 Å². The van der Waals surface area contributed by atoms with Crippen LogP contribution in [-0.2, 0) is 19.1 Å². The normalized spacial score (nSPS) is 20.2. The van der Waals surface area contributed by atoms with Crippen molar-refractivity contribution >= 4 is 11.9 Å². The quantitative estimate of drug-likeness (QED) is 0.595. The maximum atomic E-state index is 12.0. The van der Waals surface area contributed by atoms with Gasteiger partial charge in [0.05, 0.1) is 25.7 Å². The van der Waals surface area contributed by atoms with Gasteiger partial charge >= 0.3 is 11.9 Å². The van der Waals surface area contributed by atoms with E-state index in [0.29, 0.717) is 6.61 Å². The number of ether oxygens (including phenoxy) is 2. The number of aliphatic hydroxyl groups is 1. The summed E-state index contributed by atoms with van der Waals surface area (Å²) >= 11 is 0. The lowest BCUT2D eigenvalue weighted by Crippen LogP contribution is -2.40. The fraction of sp³-hybridized carbons (Fsp3) is 0.733. The molecular formula is C15H24O5. The average molecular weight is 284 g/mol. The first kappa shape index (κ1) is 16.7. The van der Waals surface area contributed by atoms with Crippen molar-refractivity contribution in [3.05, 3.63) is 11.6 Å². The van der Waals surface area contributed by atoms with Crippen LogP contribution < -0.4 is 0 Å². The van der Waals surface area contributed by atoms with Crippen molar-refractivity contribution in [2.24, 2.45) is 11.8 Å². The van der Waals surface area contributed by atoms with Gasteiger partial charge in [0.2, 0.25) is 0 Å². The second-order valence-electron chi connectivity index (χ2n) is 5.60. The summed E-state index contributed by atoms with van der Waals surface area (Å²) in [5.74, 6) is -1.55. The van der Waals surface area contributed by atoms with Gasteiger partial charge in [-0.25, -0.2) is 0 Å². The zero-order valence-corrected chi connectivity index (χ0v) is 12.6. The van der Waals surface area contributed by atoms with Crippen LogP contribution in [0.15, 0.2) is 11.6 Å². The predicted molar refractivity (Wildman–Crippen MR) is 73.9 cm³/mol. The molecule has 0 aliphatic heterocycles. The number of carbonyl (C=O) groups is 2. The monoisotopic (exact) mass is 284 g/mol. The zero-order valence-electron chi connectivity index (χ0n) is 12.6. The van der Waals surface area contributed by atoms with E-state index in [9.17, 15) is 14.7 Å². The highest BCUT2D eigenvalue weighted by Crippen LogP contribution is 2.39. The summed E-state index contributed by atoms with van der Waals surface area (Å²) in [5, 5.41) is 10.2. The van der Waals surface area contributed by atoms with Crippen molar-refractivity contribution in [1.29, 1.82) is 0 Å². The standard InChI is InChI=1S/C15H24O5/c1-5-20-12(16)9-10-7-6-8-11(10)13(14(17)19-4)15(2,3)18/h8,10,13,18H,5-7,9H2,1-4H3. The maximum absolute atomic E-state index is 12.0. The molecule has 0 heterocycles. The Hall–Kier alpha value is -1.36. The first-order chi connectivity index (χ1) is 9.31. The third kappa shape index (κ3) is 4.07. The van der Waals surface area contributed by atoms with Gasteiger partial charge in [0.1, 0.15) is 5.92 Å². The van der Waals surface area contributed by atoms with Gasteiger partial charge in [0.25, 0.3) is 0 Å². The lowest BCUT2D eigenvalue weighted by Gasteiger charge is -2.31. The Bertz CT molecular complexity index is 392. The van der Waals surface area contributed by atoms with E-state index in [1.54, 1.807) is 20.8 Å². The summed E-state index contributed by atoms with van der Waals surface area (Å²) in [6.07, 6.45) is 3.76. The highest BCUT2D eigenvalue weighted by Gasteiger charge is 2.41. The van der Waals surface area contributed by atoms with Crippen molar-refractivity contribution in [3.8, 4) is 0 Å². The Morgan fingerprint density at radius 3 is 2.65 bits per heavy atom. The Balaban J connectivity index is 2.90. The molecule has 0 amide bonds. The fourth-order valence-electron chi connectivity index (χ4n) is 2.73. The molecule has 5 nitrogen and oxygen atoms in total. The minimum atomic E-state index is -1.23. The molecule has 1 aliphatic carbocycles. The molecule has 0 saturated heterocycles. The molecule has 5 heteroatoms. The van der Waals surface area contributed by atoms with Crippen LogP contribution in [0.1, 0.15) is 40.0 Å². The summed E-state index contributed by atoms with van der Waals surface area (Å²) in [5.41, 5.74) is -0.437. The summed E-state index contributed by atoms with van der Waals surface area (Å²) in [6.45, 7) is 5.26. The predicted octanol–water partition coefficient (Wildman–Crippen LogP) is 1.84. The van der Waals surface area contributed by atoms with Crippen LogP contribution in [0.2, 0.25) is 0 Å². The number of allylic oxidation sites excluding steroid dienone is 1. The minimum absolute atomic E-state index is 0.0652. The van der Waals surface area contributed by atoms with Crippen molar-refractivity contribution in [2.45, 2.75) is 45.6 Å². The molecule has 1 rings (SSSR count). The van der Waals surface area contributed by atoms with E-state index in [1.165, 1.54) is 7.11 Å². The third-order valence-electron chi connectivity index (χ3n) is 3.56. The van der Waals surface area contributed by atoms with E-state index in [2.05, 4.69) is 0 Å². The van der Waals surface area contributed by atoms with E-state index in [-0.39, 0.29) is 18.3 Å². The highest BCUT2D eigenvalue weighted by atomic mass is 16.5. The Kier molecular flexibility index (Phi) is 5.74. The van der Waals surface area contributed by atoms with Crippen LogP contribution in [0.5, 0.6) is 0 Å². The van der Waals surface area contributed by atoms with Crippen LogP contribution >= 0.6 is 0 Å². The van der Waals surface area contributed by atoms with Gasteiger partial charge in [0, 0.05) is 0 Å². The van der Waals surface area contributed by atoms with E-state index in [0.717, 1.165) is 18.4 Å². The van der Waals surface area contributed by atoms with E-state index >= 15 is 0 Å². The van der Waals surface area contributed by atoms with Gasteiger partial charge in [-0.2, -0.15) is 0 Å². The number of methoxy groups -OCH3 is 1. The SMILES string of the molecule is CCOC(=O)CC1CCC=C1C(C(=O)OC)C(C)(C)O. The Labute approximate surface area is 119 Å². The molecule has 1 N–H and O–H groups in total. The first-order valence-electron chi connectivity index (χ1n) is 6.97. The van der Waals surface area contributed by atoms with Crippen LogP contribution in [0, 0.1) is 11.8 Å². The summed E-state index contributed by atoms with van der Waals surface area (Å²) in [6, 6.07) is 0. The molecule has 0 aromatic carbocycles. The van der Waals surface area contributed by atoms with Gasteiger partial charge in [-0.15, -0.1) is 0 Å². The zero-order chi connectivity index (χ0) is 15.3. The largest absolute Gasteiger partial charge is 0.468 e.